The molecule has 0 fully saturated rings. The van der Waals surface area contributed by atoms with Crippen molar-refractivity contribution in [3.05, 3.63) is 34.9 Å². The zero-order chi connectivity index (χ0) is 12.3. The molecule has 0 bridgehead atoms. The summed E-state index contributed by atoms with van der Waals surface area (Å²) in [6.45, 7) is 0. The number of benzene rings is 1. The largest absolute Gasteiger partial charge is 0.291 e. The van der Waals surface area contributed by atoms with E-state index in [4.69, 9.17) is 11.6 Å². The number of rotatable bonds is 3. The van der Waals surface area contributed by atoms with Crippen LogP contribution in [0.3, 0.4) is 0 Å². The van der Waals surface area contributed by atoms with Crippen LogP contribution in [0.5, 0.6) is 0 Å². The quantitative estimate of drug-likeness (QED) is 0.839. The number of hydrogen-bond donors (Lipinski definition) is 2. The third kappa shape index (κ3) is 2.98. The number of hydrogen-bond acceptors (Lipinski definition) is 4. The Morgan fingerprint density at radius 1 is 1.41 bits per heavy atom. The van der Waals surface area contributed by atoms with Gasteiger partial charge in [-0.2, -0.15) is 4.98 Å². The minimum Gasteiger partial charge on any atom is -0.291 e. The Bertz CT molecular complexity index is 525. The van der Waals surface area contributed by atoms with Crippen molar-refractivity contribution in [3.8, 4) is 0 Å². The van der Waals surface area contributed by atoms with E-state index in [-0.39, 0.29) is 5.91 Å². The van der Waals surface area contributed by atoms with E-state index in [1.165, 1.54) is 11.8 Å². The molecular formula is C10H9ClN4OS. The van der Waals surface area contributed by atoms with Crippen LogP contribution in [-0.4, -0.2) is 27.3 Å². The van der Waals surface area contributed by atoms with Gasteiger partial charge in [-0.25, -0.2) is 5.10 Å². The number of amides is 1. The van der Waals surface area contributed by atoms with Crippen molar-refractivity contribution in [3.63, 3.8) is 0 Å². The van der Waals surface area contributed by atoms with Crippen molar-refractivity contribution in [2.45, 2.75) is 5.16 Å². The zero-order valence-electron chi connectivity index (χ0n) is 8.90. The van der Waals surface area contributed by atoms with Crippen molar-refractivity contribution in [2.75, 3.05) is 11.6 Å². The van der Waals surface area contributed by atoms with Crippen LogP contribution in [-0.2, 0) is 0 Å². The normalized spacial score (nSPS) is 10.2. The molecule has 17 heavy (non-hydrogen) atoms. The summed E-state index contributed by atoms with van der Waals surface area (Å²) in [5.41, 5.74) is 0.511. The van der Waals surface area contributed by atoms with Gasteiger partial charge in [0.1, 0.15) is 0 Å². The van der Waals surface area contributed by atoms with Crippen LogP contribution in [0.25, 0.3) is 0 Å². The third-order valence-corrected chi connectivity index (χ3v) is 2.79. The molecule has 1 aromatic heterocycles. The van der Waals surface area contributed by atoms with Gasteiger partial charge >= 0.3 is 0 Å². The van der Waals surface area contributed by atoms with Crippen molar-refractivity contribution >= 4 is 35.2 Å². The van der Waals surface area contributed by atoms with Crippen LogP contribution in [0, 0.1) is 0 Å². The summed E-state index contributed by atoms with van der Waals surface area (Å²) < 4.78 is 0. The van der Waals surface area contributed by atoms with Crippen molar-refractivity contribution in [2.24, 2.45) is 0 Å². The molecule has 0 atom stereocenters. The topological polar surface area (TPSA) is 70.7 Å². The summed E-state index contributed by atoms with van der Waals surface area (Å²) in [6.07, 6.45) is 1.86. The van der Waals surface area contributed by atoms with Gasteiger partial charge in [0.15, 0.2) is 0 Å². The number of H-pyrrole nitrogens is 1. The van der Waals surface area contributed by atoms with Crippen molar-refractivity contribution < 1.29 is 4.79 Å². The maximum atomic E-state index is 11.8. The maximum Gasteiger partial charge on any atom is 0.258 e. The van der Waals surface area contributed by atoms with Crippen molar-refractivity contribution in [1.29, 1.82) is 0 Å². The van der Waals surface area contributed by atoms with E-state index in [9.17, 15) is 4.79 Å². The highest BCUT2D eigenvalue weighted by molar-refractivity contribution is 7.98. The summed E-state index contributed by atoms with van der Waals surface area (Å²) >= 11 is 7.13. The first kappa shape index (κ1) is 11.9. The van der Waals surface area contributed by atoms with E-state index >= 15 is 0 Å². The number of anilines is 1. The third-order valence-electron chi connectivity index (χ3n) is 1.99. The molecule has 0 aliphatic rings. The summed E-state index contributed by atoms with van der Waals surface area (Å²) in [5.74, 6) is 0.0692. The molecule has 0 aliphatic carbocycles. The fraction of sp³-hybridized carbons (Fsp3) is 0.100. The molecule has 0 aliphatic heterocycles. The van der Waals surface area contributed by atoms with Crippen LogP contribution in [0.1, 0.15) is 10.4 Å². The molecule has 5 nitrogen and oxygen atoms in total. The number of aromatic amines is 1. The number of aromatic nitrogens is 3. The number of carbonyl (C=O) groups excluding carboxylic acids is 1. The molecular weight excluding hydrogens is 260 g/mol. The summed E-state index contributed by atoms with van der Waals surface area (Å²) in [7, 11) is 0. The number of carbonyl (C=O) groups is 1. The lowest BCUT2D eigenvalue weighted by atomic mass is 10.2. The van der Waals surface area contributed by atoms with Crippen LogP contribution in [0.4, 0.5) is 5.95 Å². The van der Waals surface area contributed by atoms with Crippen molar-refractivity contribution in [1.82, 2.24) is 15.2 Å². The van der Waals surface area contributed by atoms with Gasteiger partial charge in [-0.1, -0.05) is 23.4 Å². The van der Waals surface area contributed by atoms with Gasteiger partial charge in [0, 0.05) is 10.6 Å². The smallest absolute Gasteiger partial charge is 0.258 e. The van der Waals surface area contributed by atoms with Gasteiger partial charge < -0.3 is 0 Å². The van der Waals surface area contributed by atoms with Crippen LogP contribution < -0.4 is 5.32 Å². The average molecular weight is 269 g/mol. The molecule has 0 unspecified atom stereocenters. The number of thioether (sulfide) groups is 1. The molecule has 1 aromatic carbocycles. The fourth-order valence-corrected chi connectivity index (χ4v) is 1.62. The fourth-order valence-electron chi connectivity index (χ4n) is 1.17. The molecule has 1 heterocycles. The number of nitrogens with one attached hydrogen (secondary N) is 2. The molecule has 88 valence electrons. The van der Waals surface area contributed by atoms with E-state index in [1.807, 2.05) is 6.26 Å². The second-order valence-electron chi connectivity index (χ2n) is 3.13. The Labute approximate surface area is 107 Å². The standard InChI is InChI=1S/C10H9ClN4OS/c1-17-10-13-9(14-15-10)12-8(16)6-2-4-7(11)5-3-6/h2-5H,1H3,(H2,12,13,14,15,16). The number of halogens is 1. The minimum absolute atomic E-state index is 0.259. The molecule has 0 radical (unpaired) electrons. The molecule has 2 rings (SSSR count). The highest BCUT2D eigenvalue weighted by Gasteiger charge is 2.08. The average Bonchev–Trinajstić information content (AvgIpc) is 2.77. The van der Waals surface area contributed by atoms with E-state index < -0.39 is 0 Å². The van der Waals surface area contributed by atoms with Crippen LogP contribution >= 0.6 is 23.4 Å². The Balaban J connectivity index is 2.08. The predicted molar refractivity (Wildman–Crippen MR) is 67.6 cm³/mol. The first-order valence-electron chi connectivity index (χ1n) is 4.72. The van der Waals surface area contributed by atoms with Gasteiger partial charge in [-0.3, -0.25) is 10.1 Å². The Morgan fingerprint density at radius 2 is 2.12 bits per heavy atom. The lowest BCUT2D eigenvalue weighted by Crippen LogP contribution is -2.12. The van der Waals surface area contributed by atoms with Crippen LogP contribution in [0.2, 0.25) is 5.02 Å². The Hall–Kier alpha value is -1.53. The Morgan fingerprint density at radius 3 is 2.71 bits per heavy atom. The van der Waals surface area contributed by atoms with E-state index in [0.717, 1.165) is 0 Å². The SMILES string of the molecule is CSc1n[nH]c(NC(=O)c2ccc(Cl)cc2)n1. The monoisotopic (exact) mass is 268 g/mol. The highest BCUT2D eigenvalue weighted by atomic mass is 35.5. The predicted octanol–water partition coefficient (Wildman–Crippen LogP) is 2.43. The molecule has 7 heteroatoms. The second-order valence-corrected chi connectivity index (χ2v) is 4.34. The highest BCUT2D eigenvalue weighted by Crippen LogP contribution is 2.12. The zero-order valence-corrected chi connectivity index (χ0v) is 10.5. The second kappa shape index (κ2) is 5.20. The van der Waals surface area contributed by atoms with Crippen LogP contribution in [0.15, 0.2) is 29.4 Å². The lowest BCUT2D eigenvalue weighted by molar-refractivity contribution is 0.102. The molecule has 2 aromatic rings. The first-order valence-corrected chi connectivity index (χ1v) is 6.32. The van der Waals surface area contributed by atoms with Gasteiger partial charge in [0.25, 0.3) is 5.91 Å². The van der Waals surface area contributed by atoms with E-state index in [0.29, 0.717) is 21.7 Å². The van der Waals surface area contributed by atoms with Gasteiger partial charge in [-0.15, -0.1) is 5.10 Å². The molecule has 0 saturated carbocycles. The van der Waals surface area contributed by atoms with E-state index in [1.54, 1.807) is 24.3 Å². The number of nitrogens with zero attached hydrogens (tertiary/aromatic N) is 2. The summed E-state index contributed by atoms with van der Waals surface area (Å²) in [6, 6.07) is 6.60. The van der Waals surface area contributed by atoms with E-state index in [2.05, 4.69) is 20.5 Å². The molecule has 0 saturated heterocycles. The maximum absolute atomic E-state index is 11.8. The van der Waals surface area contributed by atoms with Gasteiger partial charge in [-0.05, 0) is 30.5 Å². The first-order chi connectivity index (χ1) is 8.19. The molecule has 0 spiro atoms. The molecule has 1 amide bonds. The Kier molecular flexibility index (Phi) is 3.65. The summed E-state index contributed by atoms with van der Waals surface area (Å²) in [5, 5.41) is 10.3. The lowest BCUT2D eigenvalue weighted by Gasteiger charge is -2.00. The summed E-state index contributed by atoms with van der Waals surface area (Å²) in [4.78, 5) is 15.8. The van der Waals surface area contributed by atoms with Gasteiger partial charge in [0.05, 0.1) is 0 Å². The minimum atomic E-state index is -0.259. The molecule has 2 N–H and O–H groups in total. The van der Waals surface area contributed by atoms with Gasteiger partial charge in [0.2, 0.25) is 11.1 Å².